The smallest absolute Gasteiger partial charge is 0.157 e. The van der Waals surface area contributed by atoms with Gasteiger partial charge < -0.3 is 0 Å². The minimum Gasteiger partial charge on any atom is -0.244 e. The molecule has 0 radical (unpaired) electrons. The zero-order chi connectivity index (χ0) is 7.84. The van der Waals surface area contributed by atoms with E-state index >= 15 is 0 Å². The average Bonchev–Trinajstić information content (AvgIpc) is 2.30. The molecule has 2 heteroatoms. The Kier molecular flexibility index (Phi) is 1.41. The van der Waals surface area contributed by atoms with Crippen LogP contribution in [0.4, 0.5) is 8.78 Å². The van der Waals surface area contributed by atoms with Gasteiger partial charge in [0.1, 0.15) is 6.17 Å². The van der Waals surface area contributed by atoms with Crippen molar-refractivity contribution in [3.8, 4) is 0 Å². The van der Waals surface area contributed by atoms with Gasteiger partial charge in [-0.3, -0.25) is 0 Å². The predicted octanol–water partition coefficient (Wildman–Crippen LogP) is 2.59. The van der Waals surface area contributed by atoms with Crippen molar-refractivity contribution in [2.24, 2.45) is 0 Å². The predicted molar refractivity (Wildman–Crippen MR) is 38.9 cm³/mol. The molecule has 0 fully saturated rings. The number of hydrogen-bond acceptors (Lipinski definition) is 0. The lowest BCUT2D eigenvalue weighted by molar-refractivity contribution is 0.187. The van der Waals surface area contributed by atoms with Crippen molar-refractivity contribution in [1.29, 1.82) is 0 Å². The highest BCUT2D eigenvalue weighted by Crippen LogP contribution is 2.35. The number of fused-ring (bicyclic) bond motifs is 1. The average molecular weight is 154 g/mol. The van der Waals surface area contributed by atoms with Gasteiger partial charge in [-0.05, 0) is 11.1 Å². The summed E-state index contributed by atoms with van der Waals surface area (Å²) in [5, 5.41) is 0. The number of rotatable bonds is 0. The Morgan fingerprint density at radius 1 is 1.18 bits per heavy atom. The molecule has 1 aliphatic carbocycles. The minimum atomic E-state index is -1.40. The van der Waals surface area contributed by atoms with E-state index in [0.29, 0.717) is 5.56 Å². The van der Waals surface area contributed by atoms with Gasteiger partial charge in [-0.25, -0.2) is 8.78 Å². The fourth-order valence-electron chi connectivity index (χ4n) is 1.50. The fraction of sp³-hybridized carbons (Fsp3) is 0.333. The molecule has 0 aliphatic heterocycles. The third-order valence-corrected chi connectivity index (χ3v) is 2.08. The van der Waals surface area contributed by atoms with Gasteiger partial charge in [0.25, 0.3) is 0 Å². The monoisotopic (exact) mass is 154 g/mol. The molecule has 2 atom stereocenters. The van der Waals surface area contributed by atoms with Crippen LogP contribution >= 0.6 is 0 Å². The Morgan fingerprint density at radius 3 is 2.64 bits per heavy atom. The van der Waals surface area contributed by atoms with Crippen LogP contribution in [0.1, 0.15) is 17.3 Å². The summed E-state index contributed by atoms with van der Waals surface area (Å²) in [5.74, 6) is 0. The second-order valence-electron chi connectivity index (χ2n) is 2.82. The van der Waals surface area contributed by atoms with Crippen molar-refractivity contribution in [2.75, 3.05) is 0 Å². The van der Waals surface area contributed by atoms with Gasteiger partial charge in [0.15, 0.2) is 6.17 Å². The highest BCUT2D eigenvalue weighted by atomic mass is 19.2. The molecule has 0 N–H and O–H groups in total. The first-order valence-corrected chi connectivity index (χ1v) is 3.65. The molecule has 1 aliphatic rings. The normalized spacial score (nSPS) is 28.5. The van der Waals surface area contributed by atoms with Crippen molar-refractivity contribution < 1.29 is 8.78 Å². The van der Waals surface area contributed by atoms with Crippen LogP contribution in [0.2, 0.25) is 0 Å². The molecule has 0 saturated carbocycles. The van der Waals surface area contributed by atoms with Crippen LogP contribution < -0.4 is 0 Å². The summed E-state index contributed by atoms with van der Waals surface area (Å²) in [5.41, 5.74) is 1.34. The zero-order valence-electron chi connectivity index (χ0n) is 5.93. The molecule has 0 nitrogen and oxygen atoms in total. The third-order valence-electron chi connectivity index (χ3n) is 2.08. The van der Waals surface area contributed by atoms with E-state index in [2.05, 4.69) is 0 Å². The van der Waals surface area contributed by atoms with Crippen molar-refractivity contribution in [1.82, 2.24) is 0 Å². The molecule has 0 spiro atoms. The molecular formula is C9H8F2. The van der Waals surface area contributed by atoms with Crippen molar-refractivity contribution in [3.63, 3.8) is 0 Å². The van der Waals surface area contributed by atoms with Gasteiger partial charge in [0.2, 0.25) is 0 Å². The van der Waals surface area contributed by atoms with Gasteiger partial charge in [-0.2, -0.15) is 0 Å². The van der Waals surface area contributed by atoms with Crippen LogP contribution in [-0.2, 0) is 6.42 Å². The molecule has 58 valence electrons. The molecule has 1 aromatic rings. The largest absolute Gasteiger partial charge is 0.244 e. The highest BCUT2D eigenvalue weighted by molar-refractivity contribution is 5.35. The molecule has 0 unspecified atom stereocenters. The molecule has 0 saturated heterocycles. The van der Waals surface area contributed by atoms with E-state index < -0.39 is 12.3 Å². The van der Waals surface area contributed by atoms with Crippen LogP contribution in [0.15, 0.2) is 24.3 Å². The summed E-state index contributed by atoms with van der Waals surface area (Å²) in [7, 11) is 0. The number of benzene rings is 1. The fourth-order valence-corrected chi connectivity index (χ4v) is 1.50. The number of hydrogen-bond donors (Lipinski definition) is 0. The minimum absolute atomic E-state index is 0.233. The first-order chi connectivity index (χ1) is 5.29. The zero-order valence-corrected chi connectivity index (χ0v) is 5.93. The van der Waals surface area contributed by atoms with Crippen LogP contribution in [0.3, 0.4) is 0 Å². The number of alkyl halides is 2. The Labute approximate surface area is 63.9 Å². The van der Waals surface area contributed by atoms with Gasteiger partial charge in [0, 0.05) is 6.42 Å². The van der Waals surface area contributed by atoms with E-state index in [1.54, 1.807) is 18.2 Å². The summed E-state index contributed by atoms with van der Waals surface area (Å²) in [6.07, 6.45) is -2.49. The SMILES string of the molecule is F[C@@H]1Cc2ccccc2[C@H]1F. The topological polar surface area (TPSA) is 0 Å². The van der Waals surface area contributed by atoms with E-state index in [-0.39, 0.29) is 6.42 Å². The Hall–Kier alpha value is -0.920. The maximum Gasteiger partial charge on any atom is 0.157 e. The Bertz CT molecular complexity index is 270. The summed E-state index contributed by atoms with van der Waals surface area (Å²) in [4.78, 5) is 0. The highest BCUT2D eigenvalue weighted by Gasteiger charge is 2.31. The van der Waals surface area contributed by atoms with Gasteiger partial charge in [0.05, 0.1) is 0 Å². The lowest BCUT2D eigenvalue weighted by Gasteiger charge is -2.00. The Morgan fingerprint density at radius 2 is 1.91 bits per heavy atom. The van der Waals surface area contributed by atoms with Crippen LogP contribution in [-0.4, -0.2) is 6.17 Å². The first-order valence-electron chi connectivity index (χ1n) is 3.65. The van der Waals surface area contributed by atoms with Crippen molar-refractivity contribution in [2.45, 2.75) is 18.8 Å². The summed E-state index contributed by atoms with van der Waals surface area (Å²) >= 11 is 0. The first kappa shape index (κ1) is 6.77. The summed E-state index contributed by atoms with van der Waals surface area (Å²) in [6.45, 7) is 0. The lowest BCUT2D eigenvalue weighted by atomic mass is 10.1. The molecule has 11 heavy (non-hydrogen) atoms. The standard InChI is InChI=1S/C9H8F2/c10-8-5-6-3-1-2-4-7(6)9(8)11/h1-4,8-9H,5H2/t8-,9-/m1/s1. The summed E-state index contributed by atoms with van der Waals surface area (Å²) in [6, 6.07) is 6.98. The van der Waals surface area contributed by atoms with E-state index in [1.165, 1.54) is 0 Å². The van der Waals surface area contributed by atoms with Gasteiger partial charge in [-0.1, -0.05) is 24.3 Å². The van der Waals surface area contributed by atoms with Crippen LogP contribution in [0.5, 0.6) is 0 Å². The summed E-state index contributed by atoms with van der Waals surface area (Å²) < 4.78 is 25.7. The molecule has 1 aromatic carbocycles. The van der Waals surface area contributed by atoms with Crippen molar-refractivity contribution >= 4 is 0 Å². The molecule has 0 amide bonds. The third kappa shape index (κ3) is 0.934. The van der Waals surface area contributed by atoms with Crippen molar-refractivity contribution in [3.05, 3.63) is 35.4 Å². The molecule has 0 heterocycles. The maximum atomic E-state index is 12.9. The quantitative estimate of drug-likeness (QED) is 0.538. The van der Waals surface area contributed by atoms with Crippen LogP contribution in [0, 0.1) is 0 Å². The lowest BCUT2D eigenvalue weighted by Crippen LogP contribution is -2.01. The van der Waals surface area contributed by atoms with Crippen LogP contribution in [0.25, 0.3) is 0 Å². The van der Waals surface area contributed by atoms with E-state index in [9.17, 15) is 8.78 Å². The second kappa shape index (κ2) is 2.29. The van der Waals surface area contributed by atoms with E-state index in [1.807, 2.05) is 6.07 Å². The molecule has 0 aromatic heterocycles. The van der Waals surface area contributed by atoms with E-state index in [0.717, 1.165) is 5.56 Å². The van der Waals surface area contributed by atoms with Gasteiger partial charge >= 0.3 is 0 Å². The number of halogens is 2. The molecule has 0 bridgehead atoms. The van der Waals surface area contributed by atoms with Gasteiger partial charge in [-0.15, -0.1) is 0 Å². The van der Waals surface area contributed by atoms with E-state index in [4.69, 9.17) is 0 Å². The molecular weight excluding hydrogens is 146 g/mol. The molecule has 2 rings (SSSR count). The Balaban J connectivity index is 2.47. The maximum absolute atomic E-state index is 12.9. The second-order valence-corrected chi connectivity index (χ2v) is 2.82.